The second kappa shape index (κ2) is 9.30. The van der Waals surface area contributed by atoms with Crippen molar-refractivity contribution in [3.8, 4) is 22.8 Å². The number of aromatic nitrogens is 3. The number of para-hydroxylation sites is 1. The van der Waals surface area contributed by atoms with Crippen LogP contribution in [0.4, 0.5) is 0 Å². The van der Waals surface area contributed by atoms with Crippen LogP contribution < -0.4 is 14.8 Å². The molecule has 4 rings (SSSR count). The van der Waals surface area contributed by atoms with Crippen molar-refractivity contribution in [3.05, 3.63) is 72.8 Å². The van der Waals surface area contributed by atoms with Gasteiger partial charge in [0.1, 0.15) is 0 Å². The van der Waals surface area contributed by atoms with Crippen LogP contribution in [0.3, 0.4) is 0 Å². The number of imidazole rings is 1. The number of fused-ring (bicyclic) bond motifs is 1. The van der Waals surface area contributed by atoms with Gasteiger partial charge in [-0.05, 0) is 36.8 Å². The highest BCUT2D eigenvalue weighted by atomic mass is 16.5. The van der Waals surface area contributed by atoms with Gasteiger partial charge in [0.05, 0.1) is 37.3 Å². The topological polar surface area (TPSA) is 78.3 Å². The maximum atomic E-state index is 13.0. The van der Waals surface area contributed by atoms with Gasteiger partial charge in [-0.3, -0.25) is 4.79 Å². The number of hydrogen-bond acceptors (Lipinski definition) is 5. The minimum Gasteiger partial charge on any atom is -0.493 e. The SMILES string of the molecule is COc1ccc(-c2cc(C(=O)NCCCn3ccnc3)c3ccccc3n2)cc1OC. The van der Waals surface area contributed by atoms with E-state index < -0.39 is 0 Å². The Bertz CT molecular complexity index is 1190. The summed E-state index contributed by atoms with van der Waals surface area (Å²) in [5.74, 6) is 1.13. The van der Waals surface area contributed by atoms with E-state index >= 15 is 0 Å². The van der Waals surface area contributed by atoms with Gasteiger partial charge in [0.2, 0.25) is 0 Å². The molecule has 0 unspecified atom stereocenters. The molecule has 0 fully saturated rings. The Hall–Kier alpha value is -3.87. The smallest absolute Gasteiger partial charge is 0.252 e. The zero-order valence-electron chi connectivity index (χ0n) is 17.5. The molecule has 1 amide bonds. The van der Waals surface area contributed by atoms with Crippen molar-refractivity contribution < 1.29 is 14.3 Å². The summed E-state index contributed by atoms with van der Waals surface area (Å²) < 4.78 is 12.7. The van der Waals surface area contributed by atoms with Crippen molar-refractivity contribution in [1.82, 2.24) is 19.9 Å². The molecule has 0 aliphatic rings. The predicted octanol–water partition coefficient (Wildman–Crippen LogP) is 3.94. The van der Waals surface area contributed by atoms with E-state index in [2.05, 4.69) is 10.3 Å². The fraction of sp³-hybridized carbons (Fsp3) is 0.208. The molecule has 0 atom stereocenters. The highest BCUT2D eigenvalue weighted by Crippen LogP contribution is 2.33. The van der Waals surface area contributed by atoms with Crippen LogP contribution in [0.5, 0.6) is 11.5 Å². The lowest BCUT2D eigenvalue weighted by Gasteiger charge is -2.12. The number of rotatable bonds is 8. The minimum absolute atomic E-state index is 0.119. The molecular weight excluding hydrogens is 392 g/mol. The van der Waals surface area contributed by atoms with Crippen LogP contribution >= 0.6 is 0 Å². The van der Waals surface area contributed by atoms with Crippen molar-refractivity contribution in [2.75, 3.05) is 20.8 Å². The van der Waals surface area contributed by atoms with Gasteiger partial charge in [-0.1, -0.05) is 18.2 Å². The fourth-order valence-corrected chi connectivity index (χ4v) is 3.48. The average Bonchev–Trinajstić information content (AvgIpc) is 3.34. The highest BCUT2D eigenvalue weighted by Gasteiger charge is 2.15. The molecule has 1 N–H and O–H groups in total. The summed E-state index contributed by atoms with van der Waals surface area (Å²) >= 11 is 0. The first-order chi connectivity index (χ1) is 15.2. The monoisotopic (exact) mass is 416 g/mol. The Morgan fingerprint density at radius 3 is 2.68 bits per heavy atom. The molecule has 2 heterocycles. The van der Waals surface area contributed by atoms with E-state index in [4.69, 9.17) is 14.5 Å². The van der Waals surface area contributed by atoms with Crippen molar-refractivity contribution in [3.63, 3.8) is 0 Å². The second-order valence-electron chi connectivity index (χ2n) is 7.05. The molecule has 0 saturated heterocycles. The molecule has 31 heavy (non-hydrogen) atoms. The quantitative estimate of drug-likeness (QED) is 0.440. The maximum absolute atomic E-state index is 13.0. The zero-order chi connectivity index (χ0) is 21.6. The Kier molecular flexibility index (Phi) is 6.12. The van der Waals surface area contributed by atoms with Crippen LogP contribution in [0.25, 0.3) is 22.2 Å². The van der Waals surface area contributed by atoms with Gasteiger partial charge >= 0.3 is 0 Å². The molecule has 0 saturated carbocycles. The van der Waals surface area contributed by atoms with Crippen LogP contribution in [0.2, 0.25) is 0 Å². The van der Waals surface area contributed by atoms with E-state index in [-0.39, 0.29) is 5.91 Å². The van der Waals surface area contributed by atoms with E-state index in [1.807, 2.05) is 59.3 Å². The van der Waals surface area contributed by atoms with Crippen molar-refractivity contribution in [2.45, 2.75) is 13.0 Å². The minimum atomic E-state index is -0.119. The number of nitrogens with zero attached hydrogens (tertiary/aromatic N) is 3. The van der Waals surface area contributed by atoms with Crippen LogP contribution in [-0.4, -0.2) is 41.2 Å². The van der Waals surface area contributed by atoms with E-state index in [0.717, 1.165) is 29.4 Å². The Morgan fingerprint density at radius 1 is 1.06 bits per heavy atom. The molecule has 0 aliphatic carbocycles. The third kappa shape index (κ3) is 4.50. The molecule has 7 nitrogen and oxygen atoms in total. The normalized spacial score (nSPS) is 10.8. The van der Waals surface area contributed by atoms with Gasteiger partial charge in [0.15, 0.2) is 11.5 Å². The lowest BCUT2D eigenvalue weighted by atomic mass is 10.0. The third-order valence-corrected chi connectivity index (χ3v) is 5.08. The Labute approximate surface area is 180 Å². The summed E-state index contributed by atoms with van der Waals surface area (Å²) in [7, 11) is 3.19. The summed E-state index contributed by atoms with van der Waals surface area (Å²) in [6, 6.07) is 15.1. The molecule has 2 aromatic heterocycles. The molecule has 0 bridgehead atoms. The molecule has 4 aromatic rings. The first-order valence-electron chi connectivity index (χ1n) is 10.1. The summed E-state index contributed by atoms with van der Waals surface area (Å²) in [5, 5.41) is 3.85. The number of ether oxygens (including phenoxy) is 2. The summed E-state index contributed by atoms with van der Waals surface area (Å²) in [6.45, 7) is 1.37. The lowest BCUT2D eigenvalue weighted by molar-refractivity contribution is 0.0954. The van der Waals surface area contributed by atoms with Crippen LogP contribution in [0.15, 0.2) is 67.3 Å². The maximum Gasteiger partial charge on any atom is 0.252 e. The number of methoxy groups -OCH3 is 2. The molecular formula is C24H24N4O3. The van der Waals surface area contributed by atoms with Crippen LogP contribution in [0.1, 0.15) is 16.8 Å². The van der Waals surface area contributed by atoms with Crippen molar-refractivity contribution >= 4 is 16.8 Å². The molecule has 2 aromatic carbocycles. The summed E-state index contributed by atoms with van der Waals surface area (Å²) in [6.07, 6.45) is 6.24. The van der Waals surface area contributed by atoms with Gasteiger partial charge in [-0.15, -0.1) is 0 Å². The van der Waals surface area contributed by atoms with Gasteiger partial charge in [0.25, 0.3) is 5.91 Å². The first kappa shape index (κ1) is 20.4. The number of hydrogen-bond donors (Lipinski definition) is 1. The third-order valence-electron chi connectivity index (χ3n) is 5.08. The number of pyridine rings is 1. The van der Waals surface area contributed by atoms with E-state index in [0.29, 0.717) is 29.3 Å². The van der Waals surface area contributed by atoms with Crippen LogP contribution in [0, 0.1) is 0 Å². The standard InChI is InChI=1S/C24H24N4O3/c1-30-22-9-8-17(14-23(22)31-2)21-15-19(18-6-3-4-7-20(18)27-21)24(29)26-10-5-12-28-13-11-25-16-28/h3-4,6-9,11,13-16H,5,10,12H2,1-2H3,(H,26,29). The number of benzene rings is 2. The van der Waals surface area contributed by atoms with Gasteiger partial charge in [-0.2, -0.15) is 0 Å². The van der Waals surface area contributed by atoms with Crippen molar-refractivity contribution in [2.24, 2.45) is 0 Å². The molecule has 0 aliphatic heterocycles. The number of carbonyl (C=O) groups excluding carboxylic acids is 1. The molecule has 7 heteroatoms. The van der Waals surface area contributed by atoms with Gasteiger partial charge in [0, 0.05) is 36.4 Å². The number of amides is 1. The summed E-state index contributed by atoms with van der Waals surface area (Å²) in [5.41, 5.74) is 2.90. The molecule has 158 valence electrons. The number of carbonyl (C=O) groups is 1. The van der Waals surface area contributed by atoms with E-state index in [1.165, 1.54) is 0 Å². The second-order valence-corrected chi connectivity index (χ2v) is 7.05. The van der Waals surface area contributed by atoms with Crippen molar-refractivity contribution in [1.29, 1.82) is 0 Å². The Morgan fingerprint density at radius 2 is 1.90 bits per heavy atom. The van der Waals surface area contributed by atoms with E-state index in [9.17, 15) is 4.79 Å². The molecule has 0 spiro atoms. The Balaban J connectivity index is 1.61. The van der Waals surface area contributed by atoms with Gasteiger partial charge < -0.3 is 19.4 Å². The largest absolute Gasteiger partial charge is 0.493 e. The van der Waals surface area contributed by atoms with E-state index in [1.54, 1.807) is 26.7 Å². The number of nitrogens with one attached hydrogen (secondary N) is 1. The first-order valence-corrected chi connectivity index (χ1v) is 10.1. The van der Waals surface area contributed by atoms with Gasteiger partial charge in [-0.25, -0.2) is 9.97 Å². The lowest BCUT2D eigenvalue weighted by Crippen LogP contribution is -2.25. The highest BCUT2D eigenvalue weighted by molar-refractivity contribution is 6.07. The van der Waals surface area contributed by atoms with Crippen LogP contribution in [-0.2, 0) is 6.54 Å². The molecule has 0 radical (unpaired) electrons. The summed E-state index contributed by atoms with van der Waals surface area (Å²) in [4.78, 5) is 21.8. The average molecular weight is 416 g/mol. The number of aryl methyl sites for hydroxylation is 1. The fourth-order valence-electron chi connectivity index (χ4n) is 3.48. The zero-order valence-corrected chi connectivity index (χ0v) is 17.5. The predicted molar refractivity (Wildman–Crippen MR) is 119 cm³/mol.